The smallest absolute Gasteiger partial charge is 0.344 e. The largest absolute Gasteiger partial charge is 0.493 e. The van der Waals surface area contributed by atoms with Crippen LogP contribution in [0.15, 0.2) is 41.8 Å². The predicted molar refractivity (Wildman–Crippen MR) is 114 cm³/mol. The molecule has 0 spiro atoms. The predicted octanol–water partition coefficient (Wildman–Crippen LogP) is 2.78. The van der Waals surface area contributed by atoms with Crippen LogP contribution in [0.5, 0.6) is 11.5 Å². The molecule has 3 amide bonds. The number of hydrogen-bond donors (Lipinski definition) is 2. The maximum absolute atomic E-state index is 11.8. The summed E-state index contributed by atoms with van der Waals surface area (Å²) >= 11 is 1.59. The molecule has 0 unspecified atom stereocenters. The third kappa shape index (κ3) is 7.96. The van der Waals surface area contributed by atoms with Crippen LogP contribution in [0.2, 0.25) is 0 Å². The van der Waals surface area contributed by atoms with Crippen molar-refractivity contribution in [1.82, 2.24) is 10.6 Å². The molecule has 0 aliphatic carbocycles. The number of esters is 1. The molecule has 0 bridgehead atoms. The van der Waals surface area contributed by atoms with E-state index in [1.165, 1.54) is 7.11 Å². The van der Waals surface area contributed by atoms with Crippen LogP contribution in [0.4, 0.5) is 4.79 Å². The molecule has 0 aliphatic heterocycles. The van der Waals surface area contributed by atoms with Crippen molar-refractivity contribution >= 4 is 35.3 Å². The molecule has 2 rings (SSSR count). The van der Waals surface area contributed by atoms with E-state index in [9.17, 15) is 14.4 Å². The van der Waals surface area contributed by atoms with Gasteiger partial charge in [-0.2, -0.15) is 0 Å². The van der Waals surface area contributed by atoms with E-state index in [-0.39, 0.29) is 0 Å². The minimum absolute atomic E-state index is 0.372. The van der Waals surface area contributed by atoms with Crippen molar-refractivity contribution in [1.29, 1.82) is 0 Å². The first kappa shape index (κ1) is 23.0. The monoisotopic (exact) mass is 432 g/mol. The minimum atomic E-state index is -0.747. The van der Waals surface area contributed by atoms with Crippen LogP contribution in [0.3, 0.4) is 0 Å². The Morgan fingerprint density at radius 1 is 1.13 bits per heavy atom. The summed E-state index contributed by atoms with van der Waals surface area (Å²) in [6.07, 6.45) is 4.46. The van der Waals surface area contributed by atoms with Crippen molar-refractivity contribution in [3.8, 4) is 11.5 Å². The van der Waals surface area contributed by atoms with Crippen LogP contribution in [0.25, 0.3) is 6.08 Å². The number of carbonyl (C=O) groups is 3. The molecule has 0 saturated carbocycles. The third-order valence-electron chi connectivity index (χ3n) is 3.75. The molecule has 0 fully saturated rings. The number of nitrogens with one attached hydrogen (secondary N) is 2. The average Bonchev–Trinajstić information content (AvgIpc) is 3.25. The Balaban J connectivity index is 1.67. The summed E-state index contributed by atoms with van der Waals surface area (Å²) in [5, 5.41) is 6.61. The summed E-state index contributed by atoms with van der Waals surface area (Å²) < 4.78 is 15.5. The van der Waals surface area contributed by atoms with E-state index < -0.39 is 31.1 Å². The van der Waals surface area contributed by atoms with Crippen LogP contribution in [-0.2, 0) is 20.7 Å². The summed E-state index contributed by atoms with van der Waals surface area (Å²) in [6.45, 7) is 1.30. The van der Waals surface area contributed by atoms with E-state index in [4.69, 9.17) is 14.2 Å². The molecule has 9 heteroatoms. The van der Waals surface area contributed by atoms with Gasteiger partial charge in [0, 0.05) is 11.4 Å². The molecule has 160 valence electrons. The van der Waals surface area contributed by atoms with Crippen molar-refractivity contribution < 1.29 is 28.6 Å². The minimum Gasteiger partial charge on any atom is -0.493 e. The van der Waals surface area contributed by atoms with Crippen LogP contribution in [0.1, 0.15) is 17.4 Å². The van der Waals surface area contributed by atoms with Crippen LogP contribution in [-0.4, -0.2) is 44.8 Å². The van der Waals surface area contributed by atoms with E-state index >= 15 is 0 Å². The van der Waals surface area contributed by atoms with Gasteiger partial charge < -0.3 is 19.5 Å². The molecule has 0 radical (unpaired) electrons. The SMILES string of the molecule is C/C=C/c1ccc(OCC(=O)OCC(=O)NC(=O)NCCc2cccs2)c(OC)c1. The highest BCUT2D eigenvalue weighted by atomic mass is 32.1. The molecule has 2 N–H and O–H groups in total. The van der Waals surface area contributed by atoms with Gasteiger partial charge in [-0.05, 0) is 42.5 Å². The van der Waals surface area contributed by atoms with Crippen molar-refractivity contribution in [3.05, 3.63) is 52.2 Å². The van der Waals surface area contributed by atoms with Gasteiger partial charge in [-0.3, -0.25) is 10.1 Å². The number of carbonyl (C=O) groups excluding carboxylic acids is 3. The molecule has 1 aromatic carbocycles. The Morgan fingerprint density at radius 2 is 1.97 bits per heavy atom. The lowest BCUT2D eigenvalue weighted by atomic mass is 10.2. The van der Waals surface area contributed by atoms with Gasteiger partial charge in [0.05, 0.1) is 7.11 Å². The summed E-state index contributed by atoms with van der Waals surface area (Å²) in [4.78, 5) is 36.3. The van der Waals surface area contributed by atoms with Gasteiger partial charge in [0.1, 0.15) is 0 Å². The summed E-state index contributed by atoms with van der Waals surface area (Å²) in [5.41, 5.74) is 0.926. The number of imide groups is 1. The summed E-state index contributed by atoms with van der Waals surface area (Å²) in [7, 11) is 1.50. The number of thiophene rings is 1. The molecule has 1 aromatic heterocycles. The van der Waals surface area contributed by atoms with E-state index in [0.29, 0.717) is 24.5 Å². The quantitative estimate of drug-likeness (QED) is 0.560. The van der Waals surface area contributed by atoms with E-state index in [2.05, 4.69) is 10.6 Å². The molecule has 2 aromatic rings. The van der Waals surface area contributed by atoms with Gasteiger partial charge in [-0.25, -0.2) is 9.59 Å². The number of amides is 3. The van der Waals surface area contributed by atoms with E-state index in [0.717, 1.165) is 10.4 Å². The van der Waals surface area contributed by atoms with E-state index in [1.807, 2.05) is 42.7 Å². The Labute approximate surface area is 178 Å². The first-order valence-corrected chi connectivity index (χ1v) is 10.1. The zero-order valence-electron chi connectivity index (χ0n) is 16.8. The summed E-state index contributed by atoms with van der Waals surface area (Å²) in [5.74, 6) is -0.638. The van der Waals surface area contributed by atoms with Gasteiger partial charge in [-0.15, -0.1) is 11.3 Å². The lowest BCUT2D eigenvalue weighted by Gasteiger charge is -2.11. The highest BCUT2D eigenvalue weighted by Crippen LogP contribution is 2.28. The van der Waals surface area contributed by atoms with E-state index in [1.54, 1.807) is 23.5 Å². The van der Waals surface area contributed by atoms with Crippen LogP contribution < -0.4 is 20.1 Å². The molecule has 0 atom stereocenters. The van der Waals surface area contributed by atoms with Crippen LogP contribution in [0, 0.1) is 0 Å². The first-order chi connectivity index (χ1) is 14.5. The number of ether oxygens (including phenoxy) is 3. The number of allylic oxidation sites excluding steroid dienone is 1. The number of rotatable bonds is 10. The van der Waals surface area contributed by atoms with Gasteiger partial charge in [0.25, 0.3) is 5.91 Å². The fourth-order valence-electron chi connectivity index (χ4n) is 2.38. The molecule has 0 saturated heterocycles. The third-order valence-corrected chi connectivity index (χ3v) is 4.68. The number of benzene rings is 1. The van der Waals surface area contributed by atoms with Crippen molar-refractivity contribution in [2.45, 2.75) is 13.3 Å². The zero-order valence-corrected chi connectivity index (χ0v) is 17.6. The van der Waals surface area contributed by atoms with Crippen molar-refractivity contribution in [2.24, 2.45) is 0 Å². The second kappa shape index (κ2) is 12.3. The second-order valence-corrected chi connectivity index (χ2v) is 7.03. The van der Waals surface area contributed by atoms with Gasteiger partial charge in [0.2, 0.25) is 0 Å². The Bertz CT molecular complexity index is 880. The fraction of sp³-hybridized carbons (Fsp3) is 0.286. The number of hydrogen-bond acceptors (Lipinski definition) is 7. The zero-order chi connectivity index (χ0) is 21.8. The highest BCUT2D eigenvalue weighted by molar-refractivity contribution is 7.09. The standard InChI is InChI=1S/C21H24N2O6S/c1-3-5-15-7-8-17(18(12-15)27-2)28-14-20(25)29-13-19(24)23-21(26)22-10-9-16-6-4-11-30-16/h3-8,11-12H,9-10,13-14H2,1-2H3,(H2,22,23,24,26)/b5-3+. The number of methoxy groups -OCH3 is 1. The topological polar surface area (TPSA) is 103 Å². The molecule has 1 heterocycles. The highest BCUT2D eigenvalue weighted by Gasteiger charge is 2.13. The van der Waals surface area contributed by atoms with Gasteiger partial charge in [0.15, 0.2) is 24.7 Å². The van der Waals surface area contributed by atoms with Crippen LogP contribution >= 0.6 is 11.3 Å². The fourth-order valence-corrected chi connectivity index (χ4v) is 3.09. The average molecular weight is 432 g/mol. The Kier molecular flexibility index (Phi) is 9.39. The Hall–Kier alpha value is -3.33. The van der Waals surface area contributed by atoms with Gasteiger partial charge >= 0.3 is 12.0 Å². The molecule has 0 aliphatic rings. The lowest BCUT2D eigenvalue weighted by Crippen LogP contribution is -2.42. The normalized spacial score (nSPS) is 10.5. The first-order valence-electron chi connectivity index (χ1n) is 9.21. The van der Waals surface area contributed by atoms with Crippen molar-refractivity contribution in [2.75, 3.05) is 26.9 Å². The summed E-state index contributed by atoms with van der Waals surface area (Å²) in [6, 6.07) is 8.50. The number of urea groups is 1. The second-order valence-electron chi connectivity index (χ2n) is 5.99. The maximum Gasteiger partial charge on any atom is 0.344 e. The maximum atomic E-state index is 11.8. The Morgan fingerprint density at radius 3 is 2.67 bits per heavy atom. The van der Waals surface area contributed by atoms with Crippen molar-refractivity contribution in [3.63, 3.8) is 0 Å². The van der Waals surface area contributed by atoms with Gasteiger partial charge in [-0.1, -0.05) is 24.3 Å². The lowest BCUT2D eigenvalue weighted by molar-refractivity contribution is -0.150. The molecule has 30 heavy (non-hydrogen) atoms. The molecular formula is C21H24N2O6S. The molecular weight excluding hydrogens is 408 g/mol. The molecule has 8 nitrogen and oxygen atoms in total.